The highest BCUT2D eigenvalue weighted by molar-refractivity contribution is 6.11. The normalized spacial score (nSPS) is 16.0. The number of likely N-dealkylation sites (N-methyl/N-ethyl adjacent to an activating group) is 1. The maximum atomic E-state index is 11.7. The number of carbonyl (C=O) groups excluding carboxylic acids is 1. The lowest BCUT2D eigenvalue weighted by Gasteiger charge is -2.10. The van der Waals surface area contributed by atoms with Gasteiger partial charge in [0.15, 0.2) is 0 Å². The summed E-state index contributed by atoms with van der Waals surface area (Å²) in [6, 6.07) is 9.41. The zero-order valence-corrected chi connectivity index (χ0v) is 12.1. The average Bonchev–Trinajstić information content (AvgIpc) is 3.08. The summed E-state index contributed by atoms with van der Waals surface area (Å²) >= 11 is 0. The summed E-state index contributed by atoms with van der Waals surface area (Å²) < 4.78 is 5.65. The Morgan fingerprint density at radius 3 is 2.52 bits per heavy atom. The molecular weight excluding hydrogens is 300 g/mol. The Labute approximate surface area is 130 Å². The third-order valence-electron chi connectivity index (χ3n) is 3.41. The number of aliphatic imine (C=N–C) groups is 1. The molecule has 8 nitrogen and oxygen atoms in total. The molecule has 1 aliphatic heterocycles. The first-order chi connectivity index (χ1) is 11.0. The second-order valence-corrected chi connectivity index (χ2v) is 4.87. The van der Waals surface area contributed by atoms with Crippen molar-refractivity contribution < 1.29 is 14.1 Å². The Morgan fingerprint density at radius 1 is 1.26 bits per heavy atom. The van der Waals surface area contributed by atoms with E-state index in [2.05, 4.69) is 4.99 Å². The van der Waals surface area contributed by atoms with Gasteiger partial charge in [-0.3, -0.25) is 14.9 Å². The molecule has 8 heteroatoms. The number of furan rings is 1. The smallest absolute Gasteiger partial charge is 0.297 e. The minimum absolute atomic E-state index is 0.00782. The Morgan fingerprint density at radius 2 is 1.96 bits per heavy atom. The molecule has 0 aliphatic carbocycles. The van der Waals surface area contributed by atoms with Crippen LogP contribution in [0.4, 0.5) is 5.69 Å². The van der Waals surface area contributed by atoms with Crippen molar-refractivity contribution in [3.63, 3.8) is 0 Å². The van der Waals surface area contributed by atoms with E-state index in [9.17, 15) is 14.9 Å². The number of benzene rings is 1. The van der Waals surface area contributed by atoms with Crippen molar-refractivity contribution in [3.8, 4) is 11.3 Å². The van der Waals surface area contributed by atoms with Crippen LogP contribution in [0.3, 0.4) is 0 Å². The van der Waals surface area contributed by atoms with Gasteiger partial charge in [-0.15, -0.1) is 0 Å². The molecule has 0 bridgehead atoms. The quantitative estimate of drug-likeness (QED) is 0.526. The number of carbonyl (C=O) groups is 1. The number of hydrogen-bond donors (Lipinski definition) is 1. The van der Waals surface area contributed by atoms with Crippen LogP contribution in [-0.4, -0.2) is 28.7 Å². The Bertz CT molecular complexity index is 849. The van der Waals surface area contributed by atoms with Crippen molar-refractivity contribution in [2.45, 2.75) is 0 Å². The number of guanidine groups is 1. The molecular formula is C15H12N4O4. The van der Waals surface area contributed by atoms with E-state index in [1.807, 2.05) is 0 Å². The van der Waals surface area contributed by atoms with E-state index >= 15 is 0 Å². The second kappa shape index (κ2) is 5.41. The predicted molar refractivity (Wildman–Crippen MR) is 83.2 cm³/mol. The fourth-order valence-electron chi connectivity index (χ4n) is 2.13. The molecule has 2 aromatic rings. The van der Waals surface area contributed by atoms with Gasteiger partial charge in [-0.1, -0.05) is 0 Å². The summed E-state index contributed by atoms with van der Waals surface area (Å²) in [5, 5.41) is 10.7. The molecule has 2 heterocycles. The average molecular weight is 312 g/mol. The number of hydrogen-bond acceptors (Lipinski definition) is 6. The van der Waals surface area contributed by atoms with Gasteiger partial charge in [0.25, 0.3) is 11.6 Å². The first kappa shape index (κ1) is 14.5. The van der Waals surface area contributed by atoms with Crippen LogP contribution in [0.15, 0.2) is 51.5 Å². The lowest BCUT2D eigenvalue weighted by Crippen LogP contribution is -2.28. The van der Waals surface area contributed by atoms with E-state index in [0.717, 1.165) is 0 Å². The van der Waals surface area contributed by atoms with E-state index in [1.165, 1.54) is 17.0 Å². The Balaban J connectivity index is 1.86. The minimum Gasteiger partial charge on any atom is -0.457 e. The van der Waals surface area contributed by atoms with Gasteiger partial charge in [-0.2, -0.15) is 4.99 Å². The number of amides is 1. The van der Waals surface area contributed by atoms with Gasteiger partial charge in [0.2, 0.25) is 5.96 Å². The van der Waals surface area contributed by atoms with E-state index in [4.69, 9.17) is 10.2 Å². The number of non-ortho nitro benzene ring substituents is 1. The first-order valence-corrected chi connectivity index (χ1v) is 6.64. The molecule has 0 fully saturated rings. The molecule has 116 valence electrons. The molecule has 23 heavy (non-hydrogen) atoms. The van der Waals surface area contributed by atoms with Crippen molar-refractivity contribution in [2.24, 2.45) is 10.7 Å². The topological polar surface area (TPSA) is 115 Å². The molecule has 0 atom stereocenters. The number of nitro groups is 1. The lowest BCUT2D eigenvalue weighted by atomic mass is 10.1. The van der Waals surface area contributed by atoms with E-state index in [-0.39, 0.29) is 11.6 Å². The molecule has 3 rings (SSSR count). The monoisotopic (exact) mass is 312 g/mol. The van der Waals surface area contributed by atoms with Crippen molar-refractivity contribution >= 4 is 23.6 Å². The third kappa shape index (κ3) is 2.69. The Hall–Kier alpha value is -3.42. The standard InChI is InChI=1S/C15H12N4O4/c1-18-12(14(20)17-15(18)16)8-11-6-7-13(23-11)9-2-4-10(5-3-9)19(21)22/h2-8H,1H3,(H2,16,17,20). The molecule has 0 radical (unpaired) electrons. The van der Waals surface area contributed by atoms with Gasteiger partial charge in [0, 0.05) is 30.8 Å². The Kier molecular flexibility index (Phi) is 3.41. The van der Waals surface area contributed by atoms with E-state index < -0.39 is 10.8 Å². The molecule has 1 aromatic carbocycles. The summed E-state index contributed by atoms with van der Waals surface area (Å²) in [7, 11) is 1.63. The van der Waals surface area contributed by atoms with Gasteiger partial charge in [0.05, 0.1) is 4.92 Å². The van der Waals surface area contributed by atoms with Crippen molar-refractivity contribution in [3.05, 3.63) is 58.0 Å². The summed E-state index contributed by atoms with van der Waals surface area (Å²) in [5.74, 6) is 0.689. The van der Waals surface area contributed by atoms with Crippen LogP contribution in [0.25, 0.3) is 17.4 Å². The number of nitrogens with two attached hydrogens (primary N) is 1. The lowest BCUT2D eigenvalue weighted by molar-refractivity contribution is -0.384. The van der Waals surface area contributed by atoms with Crippen LogP contribution in [0, 0.1) is 10.1 Å². The fourth-order valence-corrected chi connectivity index (χ4v) is 2.13. The van der Waals surface area contributed by atoms with Crippen molar-refractivity contribution in [1.82, 2.24) is 4.90 Å². The van der Waals surface area contributed by atoms with Gasteiger partial charge >= 0.3 is 0 Å². The van der Waals surface area contributed by atoms with Crippen LogP contribution >= 0.6 is 0 Å². The van der Waals surface area contributed by atoms with Gasteiger partial charge in [-0.05, 0) is 24.3 Å². The zero-order chi connectivity index (χ0) is 16.6. The van der Waals surface area contributed by atoms with Crippen LogP contribution in [0.2, 0.25) is 0 Å². The fraction of sp³-hybridized carbons (Fsp3) is 0.0667. The van der Waals surface area contributed by atoms with Crippen LogP contribution in [-0.2, 0) is 4.79 Å². The van der Waals surface area contributed by atoms with Crippen LogP contribution in [0.1, 0.15) is 5.76 Å². The molecule has 0 saturated carbocycles. The highest BCUT2D eigenvalue weighted by atomic mass is 16.6. The highest BCUT2D eigenvalue weighted by Crippen LogP contribution is 2.26. The molecule has 0 unspecified atom stereocenters. The number of rotatable bonds is 3. The summed E-state index contributed by atoms with van der Waals surface area (Å²) in [6.07, 6.45) is 1.54. The minimum atomic E-state index is -0.465. The van der Waals surface area contributed by atoms with Gasteiger partial charge in [0.1, 0.15) is 17.2 Å². The molecule has 0 spiro atoms. The second-order valence-electron chi connectivity index (χ2n) is 4.87. The van der Waals surface area contributed by atoms with Crippen molar-refractivity contribution in [2.75, 3.05) is 7.05 Å². The molecule has 1 aliphatic rings. The third-order valence-corrected chi connectivity index (χ3v) is 3.41. The van der Waals surface area contributed by atoms with E-state index in [1.54, 1.807) is 37.4 Å². The maximum Gasteiger partial charge on any atom is 0.297 e. The first-order valence-electron chi connectivity index (χ1n) is 6.64. The van der Waals surface area contributed by atoms with E-state index in [0.29, 0.717) is 22.8 Å². The van der Waals surface area contributed by atoms with Gasteiger partial charge in [-0.25, -0.2) is 0 Å². The van der Waals surface area contributed by atoms with Gasteiger partial charge < -0.3 is 15.1 Å². The number of nitrogens with zero attached hydrogens (tertiary/aromatic N) is 3. The summed E-state index contributed by atoms with van der Waals surface area (Å²) in [5.41, 5.74) is 6.59. The molecule has 2 N–H and O–H groups in total. The van der Waals surface area contributed by atoms with Crippen LogP contribution in [0.5, 0.6) is 0 Å². The zero-order valence-electron chi connectivity index (χ0n) is 12.1. The summed E-state index contributed by atoms with van der Waals surface area (Å²) in [6.45, 7) is 0. The van der Waals surface area contributed by atoms with Crippen LogP contribution < -0.4 is 5.73 Å². The molecule has 1 aromatic heterocycles. The number of nitro benzene ring substituents is 1. The van der Waals surface area contributed by atoms with Crippen molar-refractivity contribution in [1.29, 1.82) is 0 Å². The highest BCUT2D eigenvalue weighted by Gasteiger charge is 2.24. The maximum absolute atomic E-state index is 11.7. The molecule has 1 amide bonds. The largest absolute Gasteiger partial charge is 0.457 e. The summed E-state index contributed by atoms with van der Waals surface area (Å²) in [4.78, 5) is 27.0. The predicted octanol–water partition coefficient (Wildman–Crippen LogP) is 1.98. The molecule has 0 saturated heterocycles. The SMILES string of the molecule is CN1C(=Cc2ccc(-c3ccc([N+](=O)[O-])cc3)o2)C(=O)N=C1N.